The summed E-state index contributed by atoms with van der Waals surface area (Å²) < 4.78 is 2.15. The van der Waals surface area contributed by atoms with Crippen molar-refractivity contribution < 1.29 is 0 Å². The summed E-state index contributed by atoms with van der Waals surface area (Å²) in [4.78, 5) is 4.56. The van der Waals surface area contributed by atoms with Crippen molar-refractivity contribution in [3.8, 4) is 0 Å². The SMILES string of the molecule is Cc1ccc(Cn2c(CN)nc3cc(Cl)ccc32)cc1. The molecule has 0 aliphatic carbocycles. The Bertz CT molecular complexity index is 744. The van der Waals surface area contributed by atoms with E-state index in [1.807, 2.05) is 18.2 Å². The fourth-order valence-corrected chi connectivity index (χ4v) is 2.53. The number of nitrogens with two attached hydrogens (primary N) is 1. The summed E-state index contributed by atoms with van der Waals surface area (Å²) >= 11 is 6.02. The second-order valence-electron chi connectivity index (χ2n) is 4.94. The number of hydrogen-bond donors (Lipinski definition) is 1. The van der Waals surface area contributed by atoms with Gasteiger partial charge >= 0.3 is 0 Å². The van der Waals surface area contributed by atoms with Crippen LogP contribution in [-0.4, -0.2) is 9.55 Å². The molecule has 3 nitrogen and oxygen atoms in total. The number of aryl methyl sites for hydroxylation is 1. The van der Waals surface area contributed by atoms with E-state index in [4.69, 9.17) is 17.3 Å². The molecule has 0 radical (unpaired) electrons. The Kier molecular flexibility index (Phi) is 3.47. The van der Waals surface area contributed by atoms with Crippen molar-refractivity contribution >= 4 is 22.6 Å². The van der Waals surface area contributed by atoms with Gasteiger partial charge < -0.3 is 10.3 Å². The Hall–Kier alpha value is -1.84. The van der Waals surface area contributed by atoms with Crippen LogP contribution in [0.4, 0.5) is 0 Å². The van der Waals surface area contributed by atoms with E-state index in [0.717, 1.165) is 23.4 Å². The van der Waals surface area contributed by atoms with Crippen LogP contribution in [-0.2, 0) is 13.1 Å². The fourth-order valence-electron chi connectivity index (χ4n) is 2.36. The van der Waals surface area contributed by atoms with E-state index in [9.17, 15) is 0 Å². The topological polar surface area (TPSA) is 43.8 Å². The van der Waals surface area contributed by atoms with E-state index in [2.05, 4.69) is 40.7 Å². The van der Waals surface area contributed by atoms with Gasteiger partial charge in [-0.05, 0) is 30.7 Å². The number of hydrogen-bond acceptors (Lipinski definition) is 2. The highest BCUT2D eigenvalue weighted by Gasteiger charge is 2.10. The molecule has 4 heteroatoms. The largest absolute Gasteiger partial charge is 0.324 e. The molecule has 2 aromatic carbocycles. The van der Waals surface area contributed by atoms with Crippen LogP contribution in [0.5, 0.6) is 0 Å². The lowest BCUT2D eigenvalue weighted by atomic mass is 10.1. The van der Waals surface area contributed by atoms with Crippen LogP contribution in [0, 0.1) is 6.92 Å². The summed E-state index contributed by atoms with van der Waals surface area (Å²) in [5, 5.41) is 0.695. The summed E-state index contributed by atoms with van der Waals surface area (Å²) in [6.45, 7) is 3.27. The van der Waals surface area contributed by atoms with Gasteiger partial charge in [-0.25, -0.2) is 4.98 Å². The molecule has 20 heavy (non-hydrogen) atoms. The molecule has 1 heterocycles. The van der Waals surface area contributed by atoms with Gasteiger partial charge in [-0.2, -0.15) is 0 Å². The zero-order valence-corrected chi connectivity index (χ0v) is 12.1. The first-order chi connectivity index (χ1) is 9.67. The third-order valence-corrected chi connectivity index (χ3v) is 3.67. The van der Waals surface area contributed by atoms with Gasteiger partial charge in [-0.15, -0.1) is 0 Å². The maximum Gasteiger partial charge on any atom is 0.123 e. The highest BCUT2D eigenvalue weighted by atomic mass is 35.5. The minimum atomic E-state index is 0.415. The molecule has 0 spiro atoms. The van der Waals surface area contributed by atoms with Crippen molar-refractivity contribution in [1.29, 1.82) is 0 Å². The molecule has 2 N–H and O–H groups in total. The van der Waals surface area contributed by atoms with Gasteiger partial charge in [0.25, 0.3) is 0 Å². The minimum absolute atomic E-state index is 0.415. The molecule has 102 valence electrons. The van der Waals surface area contributed by atoms with Crippen LogP contribution >= 0.6 is 11.6 Å². The Morgan fingerprint density at radius 1 is 1.15 bits per heavy atom. The number of nitrogens with zero attached hydrogens (tertiary/aromatic N) is 2. The van der Waals surface area contributed by atoms with Crippen molar-refractivity contribution in [3.05, 3.63) is 64.4 Å². The molecule has 0 atom stereocenters. The molecule has 3 rings (SSSR count). The monoisotopic (exact) mass is 285 g/mol. The Labute approximate surface area is 123 Å². The first-order valence-electron chi connectivity index (χ1n) is 6.57. The highest BCUT2D eigenvalue weighted by molar-refractivity contribution is 6.31. The van der Waals surface area contributed by atoms with Gasteiger partial charge in [0, 0.05) is 11.6 Å². The molecule has 0 saturated heterocycles. The zero-order chi connectivity index (χ0) is 14.1. The van der Waals surface area contributed by atoms with Crippen LogP contribution in [0.25, 0.3) is 11.0 Å². The quantitative estimate of drug-likeness (QED) is 0.800. The van der Waals surface area contributed by atoms with Crippen molar-refractivity contribution in [2.75, 3.05) is 0 Å². The van der Waals surface area contributed by atoms with Crippen molar-refractivity contribution in [3.63, 3.8) is 0 Å². The number of fused-ring (bicyclic) bond motifs is 1. The first-order valence-corrected chi connectivity index (χ1v) is 6.95. The smallest absolute Gasteiger partial charge is 0.123 e. The standard InChI is InChI=1S/C16H16ClN3/c1-11-2-4-12(5-3-11)10-20-15-7-6-13(17)8-14(15)19-16(20)9-18/h2-8H,9-10,18H2,1H3. The molecular weight excluding hydrogens is 270 g/mol. The molecule has 3 aromatic rings. The van der Waals surface area contributed by atoms with E-state index in [0.29, 0.717) is 11.6 Å². The Morgan fingerprint density at radius 2 is 1.90 bits per heavy atom. The zero-order valence-electron chi connectivity index (χ0n) is 11.3. The van der Waals surface area contributed by atoms with E-state index in [1.165, 1.54) is 11.1 Å². The fraction of sp³-hybridized carbons (Fsp3) is 0.188. The molecule has 0 fully saturated rings. The molecule has 0 aliphatic rings. The molecule has 0 bridgehead atoms. The summed E-state index contributed by atoms with van der Waals surface area (Å²) in [5.74, 6) is 0.878. The summed E-state index contributed by atoms with van der Waals surface area (Å²) in [5.41, 5.74) is 10.3. The van der Waals surface area contributed by atoms with Gasteiger partial charge in [0.05, 0.1) is 17.6 Å². The summed E-state index contributed by atoms with van der Waals surface area (Å²) in [7, 11) is 0. The number of imidazole rings is 1. The van der Waals surface area contributed by atoms with Gasteiger partial charge in [0.1, 0.15) is 5.82 Å². The Balaban J connectivity index is 2.07. The molecule has 0 amide bonds. The first kappa shape index (κ1) is 13.2. The number of aromatic nitrogens is 2. The third-order valence-electron chi connectivity index (χ3n) is 3.43. The number of halogens is 1. The van der Waals surface area contributed by atoms with Crippen LogP contribution < -0.4 is 5.73 Å². The van der Waals surface area contributed by atoms with Crippen molar-refractivity contribution in [2.24, 2.45) is 5.73 Å². The third kappa shape index (κ3) is 2.42. The molecule has 0 aliphatic heterocycles. The minimum Gasteiger partial charge on any atom is -0.324 e. The van der Waals surface area contributed by atoms with E-state index in [-0.39, 0.29) is 0 Å². The molecule has 1 aromatic heterocycles. The number of rotatable bonds is 3. The van der Waals surface area contributed by atoms with E-state index >= 15 is 0 Å². The van der Waals surface area contributed by atoms with Crippen LogP contribution in [0.3, 0.4) is 0 Å². The maximum absolute atomic E-state index is 6.02. The lowest BCUT2D eigenvalue weighted by Gasteiger charge is -2.08. The normalized spacial score (nSPS) is 11.2. The lowest BCUT2D eigenvalue weighted by Crippen LogP contribution is -2.09. The van der Waals surface area contributed by atoms with Crippen molar-refractivity contribution in [2.45, 2.75) is 20.0 Å². The second kappa shape index (κ2) is 5.27. The summed E-state index contributed by atoms with van der Waals surface area (Å²) in [6, 6.07) is 14.3. The maximum atomic E-state index is 6.02. The van der Waals surface area contributed by atoms with Crippen LogP contribution in [0.2, 0.25) is 5.02 Å². The van der Waals surface area contributed by atoms with Gasteiger partial charge in [-0.1, -0.05) is 41.4 Å². The average molecular weight is 286 g/mol. The van der Waals surface area contributed by atoms with Crippen molar-refractivity contribution in [1.82, 2.24) is 9.55 Å². The highest BCUT2D eigenvalue weighted by Crippen LogP contribution is 2.21. The summed E-state index contributed by atoms with van der Waals surface area (Å²) in [6.07, 6.45) is 0. The predicted octanol–water partition coefficient (Wildman–Crippen LogP) is 3.51. The van der Waals surface area contributed by atoms with Gasteiger partial charge in [0.15, 0.2) is 0 Å². The van der Waals surface area contributed by atoms with Gasteiger partial charge in [0.2, 0.25) is 0 Å². The predicted molar refractivity (Wildman–Crippen MR) is 82.9 cm³/mol. The number of benzene rings is 2. The van der Waals surface area contributed by atoms with E-state index in [1.54, 1.807) is 0 Å². The van der Waals surface area contributed by atoms with Crippen LogP contribution in [0.1, 0.15) is 17.0 Å². The lowest BCUT2D eigenvalue weighted by molar-refractivity contribution is 0.744. The van der Waals surface area contributed by atoms with Crippen LogP contribution in [0.15, 0.2) is 42.5 Å². The molecule has 0 unspecified atom stereocenters. The molecular formula is C16H16ClN3. The van der Waals surface area contributed by atoms with E-state index < -0.39 is 0 Å². The average Bonchev–Trinajstić information content (AvgIpc) is 2.78. The van der Waals surface area contributed by atoms with Gasteiger partial charge in [-0.3, -0.25) is 0 Å². The second-order valence-corrected chi connectivity index (χ2v) is 5.37. The molecule has 0 saturated carbocycles. The Morgan fingerprint density at radius 3 is 2.60 bits per heavy atom.